The van der Waals surface area contributed by atoms with Crippen LogP contribution >= 0.6 is 8.22 Å². The monoisotopic (exact) mass is 585 g/mol. The van der Waals surface area contributed by atoms with Crippen molar-refractivity contribution >= 4 is 32.2 Å². The van der Waals surface area contributed by atoms with Gasteiger partial charge in [0.05, 0.1) is 19.9 Å². The first kappa shape index (κ1) is 30.9. The molecule has 1 spiro atoms. The molecule has 1 aliphatic heterocycles. The van der Waals surface area contributed by atoms with Gasteiger partial charge in [0.15, 0.2) is 0 Å². The molecule has 3 aliphatic carbocycles. The molecule has 1 heterocycles. The fraction of sp³-hybridized carbons (Fsp3) is 0.966. The molecule has 9 heteroatoms. The summed E-state index contributed by atoms with van der Waals surface area (Å²) >= 11 is 0. The van der Waals surface area contributed by atoms with Crippen LogP contribution in [0.2, 0.25) is 19.6 Å². The molecule has 0 aromatic rings. The van der Waals surface area contributed by atoms with Crippen molar-refractivity contribution in [3.8, 4) is 0 Å². The molecule has 1 saturated heterocycles. The summed E-state index contributed by atoms with van der Waals surface area (Å²) in [6.07, 6.45) is 3.73. The van der Waals surface area contributed by atoms with Gasteiger partial charge in [-0.3, -0.25) is 14.1 Å². The molecule has 4 aliphatic rings. The van der Waals surface area contributed by atoms with Gasteiger partial charge in [0.1, 0.15) is 0 Å². The second-order valence-corrected chi connectivity index (χ2v) is 25.6. The van der Waals surface area contributed by atoms with Crippen LogP contribution in [0.15, 0.2) is 0 Å². The lowest BCUT2D eigenvalue weighted by molar-refractivity contribution is -0.130. The molecule has 38 heavy (non-hydrogen) atoms. The normalized spacial score (nSPS) is 35.7. The Labute approximate surface area is 236 Å². The number of carbonyl (C=O) groups is 1. The molecular formula is C29H56N3O3PSSi. The molecule has 0 radical (unpaired) electrons. The number of nitrogens with zero attached hydrogens (tertiary/aromatic N) is 3. The number of hydrogen-bond donors (Lipinski definition) is 0. The van der Waals surface area contributed by atoms with E-state index in [4.69, 9.17) is 0 Å². The fourth-order valence-electron chi connectivity index (χ4n) is 9.23. The smallest absolute Gasteiger partial charge is 0.240 e. The summed E-state index contributed by atoms with van der Waals surface area (Å²) in [7, 11) is -6.40. The number of amides is 1. The van der Waals surface area contributed by atoms with E-state index in [1.807, 2.05) is 0 Å². The highest BCUT2D eigenvalue weighted by Crippen LogP contribution is 2.77. The largest absolute Gasteiger partial charge is 0.273 e. The summed E-state index contributed by atoms with van der Waals surface area (Å²) in [5, 5.41) is 0. The third-order valence-corrected chi connectivity index (χ3v) is 22.7. The average molecular weight is 586 g/mol. The fourth-order valence-corrected chi connectivity index (χ4v) is 20.4. The summed E-state index contributed by atoms with van der Waals surface area (Å²) in [6.45, 7) is 30.1. The topological polar surface area (TPSA) is 60.9 Å². The highest BCUT2D eigenvalue weighted by Gasteiger charge is 2.77. The van der Waals surface area contributed by atoms with Crippen LogP contribution in [0, 0.1) is 22.7 Å². The van der Waals surface area contributed by atoms with Gasteiger partial charge in [-0.25, -0.2) is 12.7 Å². The van der Waals surface area contributed by atoms with Gasteiger partial charge in [-0.1, -0.05) is 33.5 Å². The van der Waals surface area contributed by atoms with Crippen LogP contribution in [-0.4, -0.2) is 76.8 Å². The number of sulfonamides is 1. The Morgan fingerprint density at radius 3 is 1.79 bits per heavy atom. The van der Waals surface area contributed by atoms with Crippen molar-refractivity contribution in [1.29, 1.82) is 0 Å². The molecular weight excluding hydrogens is 529 g/mol. The highest BCUT2D eigenvalue weighted by molar-refractivity contribution is 7.90. The Morgan fingerprint density at radius 2 is 1.39 bits per heavy atom. The van der Waals surface area contributed by atoms with E-state index in [9.17, 15) is 13.2 Å². The molecule has 1 amide bonds. The van der Waals surface area contributed by atoms with Gasteiger partial charge in [-0.15, -0.1) is 0 Å². The Kier molecular flexibility index (Phi) is 7.74. The molecule has 2 bridgehead atoms. The Bertz CT molecular complexity index is 1020. The molecule has 0 aromatic carbocycles. The first-order chi connectivity index (χ1) is 17.2. The van der Waals surface area contributed by atoms with Gasteiger partial charge in [0.2, 0.25) is 15.9 Å². The van der Waals surface area contributed by atoms with Gasteiger partial charge < -0.3 is 0 Å². The third kappa shape index (κ3) is 4.15. The minimum atomic E-state index is -3.61. The zero-order valence-corrected chi connectivity index (χ0v) is 29.2. The van der Waals surface area contributed by atoms with E-state index in [2.05, 4.69) is 98.2 Å². The van der Waals surface area contributed by atoms with Crippen molar-refractivity contribution in [3.63, 3.8) is 0 Å². The van der Waals surface area contributed by atoms with Gasteiger partial charge in [-0.2, -0.15) is 0 Å². The number of rotatable bonds is 9. The SMILES string of the molecule is CC(C)N(C(C)C)P(N(C(C)C)C(C)C)[C@@]1([Si](C)(C)C)C[C@H]1C(=O)N1[C@@H]2C[C@H]3CC[C@]2(CS1(=O)=O)C3(C)C. The average Bonchev–Trinajstić information content (AvgIpc) is 3.33. The summed E-state index contributed by atoms with van der Waals surface area (Å²) in [5.74, 6) is 0.416. The second-order valence-electron chi connectivity index (χ2n) is 15.6. The van der Waals surface area contributed by atoms with E-state index in [0.717, 1.165) is 25.7 Å². The molecule has 4 fully saturated rings. The van der Waals surface area contributed by atoms with Crippen LogP contribution in [0.4, 0.5) is 0 Å². The van der Waals surface area contributed by atoms with Crippen molar-refractivity contribution in [1.82, 2.24) is 13.6 Å². The standard InChI is InChI=1S/C29H56N3O3PSSi/c1-19(2)30(20(3)4)36(31(21(5)6)22(7)8)29(38(11,12)13)17-24(29)26(33)32-25-16-23-14-15-28(25,27(23,9)10)18-37(32,34)35/h19-25H,14-18H2,1-13H3/t23-,24+,25-,28-,29-/m1/s1. The maximum atomic E-state index is 14.7. The van der Waals surface area contributed by atoms with Gasteiger partial charge in [-0.05, 0) is 92.4 Å². The quantitative estimate of drug-likeness (QED) is 0.227. The summed E-state index contributed by atoms with van der Waals surface area (Å²) in [6, 6.07) is 1.23. The van der Waals surface area contributed by atoms with E-state index < -0.39 is 26.3 Å². The van der Waals surface area contributed by atoms with Crippen LogP contribution in [0.5, 0.6) is 0 Å². The molecule has 0 aromatic heterocycles. The minimum Gasteiger partial charge on any atom is -0.273 e. The van der Waals surface area contributed by atoms with Crippen molar-refractivity contribution in [3.05, 3.63) is 0 Å². The number of hydrogen-bond acceptors (Lipinski definition) is 5. The summed E-state index contributed by atoms with van der Waals surface area (Å²) in [4.78, 5) is 14.7. The van der Waals surface area contributed by atoms with Gasteiger partial charge in [0.25, 0.3) is 0 Å². The van der Waals surface area contributed by atoms with Crippen molar-refractivity contribution < 1.29 is 13.2 Å². The zero-order chi connectivity index (χ0) is 29.0. The van der Waals surface area contributed by atoms with Crippen LogP contribution < -0.4 is 0 Å². The first-order valence-electron chi connectivity index (χ1n) is 15.1. The van der Waals surface area contributed by atoms with E-state index in [-0.39, 0.29) is 39.2 Å². The van der Waals surface area contributed by atoms with E-state index >= 15 is 0 Å². The summed E-state index contributed by atoms with van der Waals surface area (Å²) in [5.41, 5.74) is -0.290. The summed E-state index contributed by atoms with van der Waals surface area (Å²) < 4.78 is 34.4. The lowest BCUT2D eigenvalue weighted by atomic mass is 9.69. The highest BCUT2D eigenvalue weighted by atomic mass is 32.2. The minimum absolute atomic E-state index is 0.0238. The van der Waals surface area contributed by atoms with Crippen LogP contribution in [0.1, 0.15) is 94.9 Å². The van der Waals surface area contributed by atoms with Gasteiger partial charge in [0, 0.05) is 48.5 Å². The van der Waals surface area contributed by atoms with Gasteiger partial charge >= 0.3 is 0 Å². The molecule has 0 unspecified atom stereocenters. The Morgan fingerprint density at radius 1 is 0.921 bits per heavy atom. The third-order valence-electron chi connectivity index (χ3n) is 11.1. The van der Waals surface area contributed by atoms with E-state index in [1.165, 1.54) is 4.31 Å². The van der Waals surface area contributed by atoms with Crippen molar-refractivity contribution in [2.75, 3.05) is 5.75 Å². The van der Waals surface area contributed by atoms with E-state index in [1.54, 1.807) is 0 Å². The zero-order valence-electron chi connectivity index (χ0n) is 26.5. The lowest BCUT2D eigenvalue weighted by Gasteiger charge is -2.54. The van der Waals surface area contributed by atoms with E-state index in [0.29, 0.717) is 30.1 Å². The molecule has 4 rings (SSSR count). The predicted octanol–water partition coefficient (Wildman–Crippen LogP) is 6.54. The van der Waals surface area contributed by atoms with Crippen LogP contribution in [0.25, 0.3) is 0 Å². The lowest BCUT2D eigenvalue weighted by Crippen LogP contribution is -2.55. The Hall–Kier alpha value is -0.0131. The maximum absolute atomic E-state index is 14.7. The second kappa shape index (κ2) is 9.51. The molecule has 0 N–H and O–H groups in total. The van der Waals surface area contributed by atoms with Crippen LogP contribution in [-0.2, 0) is 14.8 Å². The first-order valence-corrected chi connectivity index (χ1v) is 21.5. The molecule has 220 valence electrons. The van der Waals surface area contributed by atoms with Crippen molar-refractivity contribution in [2.24, 2.45) is 22.7 Å². The maximum Gasteiger partial charge on any atom is 0.240 e. The molecule has 3 saturated carbocycles. The number of carbonyl (C=O) groups excluding carboxylic acids is 1. The Balaban J connectivity index is 1.82. The molecule has 6 nitrogen and oxygen atoms in total. The number of fused-ring (bicyclic) bond motifs is 1. The van der Waals surface area contributed by atoms with Crippen LogP contribution in [0.3, 0.4) is 0 Å². The predicted molar refractivity (Wildman–Crippen MR) is 163 cm³/mol. The van der Waals surface area contributed by atoms with Crippen molar-refractivity contribution in [2.45, 2.75) is 150 Å². The molecule has 5 atom stereocenters.